The molecular formula is C14H14N6O. The Labute approximate surface area is 121 Å². The first kappa shape index (κ1) is 13.0. The first-order chi connectivity index (χ1) is 10.2. The molecular weight excluding hydrogens is 268 g/mol. The van der Waals surface area contributed by atoms with Gasteiger partial charge in [-0.3, -0.25) is 9.48 Å². The van der Waals surface area contributed by atoms with Gasteiger partial charge in [0.15, 0.2) is 5.82 Å². The summed E-state index contributed by atoms with van der Waals surface area (Å²) in [6.45, 7) is 0.627. The Bertz CT molecular complexity index is 729. The second kappa shape index (κ2) is 5.58. The summed E-state index contributed by atoms with van der Waals surface area (Å²) in [4.78, 5) is 16.0. The van der Waals surface area contributed by atoms with Crippen molar-refractivity contribution >= 4 is 11.7 Å². The van der Waals surface area contributed by atoms with Gasteiger partial charge in [-0.1, -0.05) is 12.1 Å². The number of nitrogens with zero attached hydrogens (tertiary/aromatic N) is 5. The quantitative estimate of drug-likeness (QED) is 0.782. The molecule has 106 valence electrons. The van der Waals surface area contributed by atoms with Gasteiger partial charge in [-0.25, -0.2) is 9.67 Å². The number of benzene rings is 1. The summed E-state index contributed by atoms with van der Waals surface area (Å²) in [5.41, 5.74) is 1.64. The van der Waals surface area contributed by atoms with E-state index in [9.17, 15) is 4.79 Å². The minimum absolute atomic E-state index is 0.180. The maximum atomic E-state index is 12.1. The third-order valence-corrected chi connectivity index (χ3v) is 2.98. The zero-order chi connectivity index (χ0) is 14.7. The van der Waals surface area contributed by atoms with E-state index < -0.39 is 0 Å². The van der Waals surface area contributed by atoms with Gasteiger partial charge >= 0.3 is 0 Å². The number of anilines is 1. The highest BCUT2D eigenvalue weighted by Crippen LogP contribution is 2.09. The average molecular weight is 282 g/mol. The van der Waals surface area contributed by atoms with Crippen LogP contribution in [-0.4, -0.2) is 30.5 Å². The van der Waals surface area contributed by atoms with E-state index in [-0.39, 0.29) is 5.91 Å². The molecule has 0 aliphatic rings. The molecule has 2 aromatic heterocycles. The van der Waals surface area contributed by atoms with E-state index in [1.807, 2.05) is 12.1 Å². The monoisotopic (exact) mass is 282 g/mol. The Hall–Kier alpha value is -2.96. The highest BCUT2D eigenvalue weighted by Gasteiger charge is 2.07. The predicted molar refractivity (Wildman–Crippen MR) is 76.7 cm³/mol. The average Bonchev–Trinajstić information content (AvgIpc) is 3.12. The van der Waals surface area contributed by atoms with E-state index >= 15 is 0 Å². The van der Waals surface area contributed by atoms with Crippen molar-refractivity contribution in [3.05, 3.63) is 60.3 Å². The smallest absolute Gasteiger partial charge is 0.256 e. The Morgan fingerprint density at radius 2 is 2.05 bits per heavy atom. The van der Waals surface area contributed by atoms with E-state index in [0.29, 0.717) is 17.9 Å². The van der Waals surface area contributed by atoms with Gasteiger partial charge in [0.1, 0.15) is 12.7 Å². The molecule has 0 aliphatic carbocycles. The third-order valence-electron chi connectivity index (χ3n) is 2.98. The Balaban J connectivity index is 1.67. The number of nitrogens with one attached hydrogen (secondary N) is 1. The number of carbonyl (C=O) groups excluding carboxylic acids is 1. The molecule has 0 atom stereocenters. The van der Waals surface area contributed by atoms with Crippen LogP contribution in [0.4, 0.5) is 5.82 Å². The standard InChI is InChI=1S/C14H14N6O/c1-19-7-6-13(18-19)17-14(21)12-4-2-11(3-5-12)8-20-10-15-9-16-20/h2-7,9-10H,8H2,1H3,(H,17,18,21). The van der Waals surface area contributed by atoms with E-state index in [4.69, 9.17) is 0 Å². The summed E-state index contributed by atoms with van der Waals surface area (Å²) in [6.07, 6.45) is 4.92. The molecule has 1 amide bonds. The van der Waals surface area contributed by atoms with Crippen LogP contribution in [0.5, 0.6) is 0 Å². The minimum Gasteiger partial charge on any atom is -0.305 e. The summed E-state index contributed by atoms with van der Waals surface area (Å²) >= 11 is 0. The van der Waals surface area contributed by atoms with Crippen molar-refractivity contribution in [2.75, 3.05) is 5.32 Å². The van der Waals surface area contributed by atoms with Gasteiger partial charge in [0.2, 0.25) is 0 Å². The summed E-state index contributed by atoms with van der Waals surface area (Å²) in [6, 6.07) is 9.11. The summed E-state index contributed by atoms with van der Waals surface area (Å²) < 4.78 is 3.36. The Kier molecular flexibility index (Phi) is 3.46. The number of rotatable bonds is 4. The summed E-state index contributed by atoms with van der Waals surface area (Å²) in [5, 5.41) is 10.9. The fourth-order valence-electron chi connectivity index (χ4n) is 1.93. The molecule has 0 fully saturated rings. The van der Waals surface area contributed by atoms with Crippen molar-refractivity contribution in [1.29, 1.82) is 0 Å². The number of hydrogen-bond donors (Lipinski definition) is 1. The third kappa shape index (κ3) is 3.14. The highest BCUT2D eigenvalue weighted by molar-refractivity contribution is 6.03. The van der Waals surface area contributed by atoms with Gasteiger partial charge < -0.3 is 5.32 Å². The molecule has 1 aromatic carbocycles. The lowest BCUT2D eigenvalue weighted by atomic mass is 10.1. The normalized spacial score (nSPS) is 10.5. The fraction of sp³-hybridized carbons (Fsp3) is 0.143. The van der Waals surface area contributed by atoms with Crippen LogP contribution in [0.15, 0.2) is 49.2 Å². The van der Waals surface area contributed by atoms with Crippen LogP contribution in [0.1, 0.15) is 15.9 Å². The summed E-state index contributed by atoms with van der Waals surface area (Å²) in [7, 11) is 1.80. The topological polar surface area (TPSA) is 77.6 Å². The van der Waals surface area contributed by atoms with Crippen molar-refractivity contribution in [2.45, 2.75) is 6.54 Å². The number of aryl methyl sites for hydroxylation is 1. The fourth-order valence-corrected chi connectivity index (χ4v) is 1.93. The SMILES string of the molecule is Cn1ccc(NC(=O)c2ccc(Cn3cncn3)cc2)n1. The van der Waals surface area contributed by atoms with E-state index in [2.05, 4.69) is 20.5 Å². The van der Waals surface area contributed by atoms with Crippen LogP contribution in [-0.2, 0) is 13.6 Å². The van der Waals surface area contributed by atoms with Crippen LogP contribution in [0.2, 0.25) is 0 Å². The minimum atomic E-state index is -0.180. The van der Waals surface area contributed by atoms with Gasteiger partial charge in [-0.05, 0) is 17.7 Å². The largest absolute Gasteiger partial charge is 0.305 e. The van der Waals surface area contributed by atoms with E-state index in [1.54, 1.807) is 47.1 Å². The Morgan fingerprint density at radius 3 is 2.67 bits per heavy atom. The van der Waals surface area contributed by atoms with Gasteiger partial charge in [0.25, 0.3) is 5.91 Å². The lowest BCUT2D eigenvalue weighted by molar-refractivity contribution is 0.102. The molecule has 0 radical (unpaired) electrons. The second-order valence-corrected chi connectivity index (χ2v) is 4.62. The molecule has 1 N–H and O–H groups in total. The molecule has 0 saturated carbocycles. The second-order valence-electron chi connectivity index (χ2n) is 4.62. The van der Waals surface area contributed by atoms with Gasteiger partial charge in [-0.2, -0.15) is 10.2 Å². The Morgan fingerprint density at radius 1 is 1.24 bits per heavy atom. The molecule has 7 heteroatoms. The van der Waals surface area contributed by atoms with Crippen molar-refractivity contribution < 1.29 is 4.79 Å². The predicted octanol–water partition coefficient (Wildman–Crippen LogP) is 1.31. The molecule has 2 heterocycles. The number of aromatic nitrogens is 5. The van der Waals surface area contributed by atoms with Crippen LogP contribution in [0, 0.1) is 0 Å². The molecule has 21 heavy (non-hydrogen) atoms. The number of hydrogen-bond acceptors (Lipinski definition) is 4. The number of amides is 1. The maximum absolute atomic E-state index is 12.1. The van der Waals surface area contributed by atoms with Crippen LogP contribution in [0.3, 0.4) is 0 Å². The first-order valence-corrected chi connectivity index (χ1v) is 6.43. The van der Waals surface area contributed by atoms with Crippen LogP contribution in [0.25, 0.3) is 0 Å². The molecule has 3 rings (SSSR count). The lowest BCUT2D eigenvalue weighted by Crippen LogP contribution is -2.12. The molecule has 0 bridgehead atoms. The molecule has 3 aromatic rings. The molecule has 0 unspecified atom stereocenters. The molecule has 0 saturated heterocycles. The zero-order valence-corrected chi connectivity index (χ0v) is 11.5. The first-order valence-electron chi connectivity index (χ1n) is 6.43. The number of carbonyl (C=O) groups is 1. The summed E-state index contributed by atoms with van der Waals surface area (Å²) in [5.74, 6) is 0.357. The van der Waals surface area contributed by atoms with Crippen molar-refractivity contribution in [3.63, 3.8) is 0 Å². The van der Waals surface area contributed by atoms with E-state index in [1.165, 1.54) is 6.33 Å². The van der Waals surface area contributed by atoms with Gasteiger partial charge in [0.05, 0.1) is 6.54 Å². The molecule has 7 nitrogen and oxygen atoms in total. The van der Waals surface area contributed by atoms with Crippen molar-refractivity contribution in [3.8, 4) is 0 Å². The van der Waals surface area contributed by atoms with Crippen LogP contribution < -0.4 is 5.32 Å². The van der Waals surface area contributed by atoms with Gasteiger partial charge in [0, 0.05) is 24.9 Å². The maximum Gasteiger partial charge on any atom is 0.256 e. The molecule has 0 aliphatic heterocycles. The molecule has 0 spiro atoms. The lowest BCUT2D eigenvalue weighted by Gasteiger charge is -2.04. The van der Waals surface area contributed by atoms with Crippen LogP contribution >= 0.6 is 0 Å². The van der Waals surface area contributed by atoms with Crippen molar-refractivity contribution in [2.24, 2.45) is 7.05 Å². The van der Waals surface area contributed by atoms with Crippen molar-refractivity contribution in [1.82, 2.24) is 24.5 Å². The highest BCUT2D eigenvalue weighted by atomic mass is 16.1. The van der Waals surface area contributed by atoms with E-state index in [0.717, 1.165) is 5.56 Å². The van der Waals surface area contributed by atoms with Gasteiger partial charge in [-0.15, -0.1) is 0 Å². The zero-order valence-electron chi connectivity index (χ0n) is 11.5.